The van der Waals surface area contributed by atoms with Crippen LogP contribution in [0.4, 0.5) is 0 Å². The second kappa shape index (κ2) is 8.29. The Labute approximate surface area is 115 Å². The normalized spacial score (nSPS) is 14.2. The highest BCUT2D eigenvalue weighted by molar-refractivity contribution is 7.85. The van der Waals surface area contributed by atoms with E-state index in [0.29, 0.717) is 6.42 Å². The lowest BCUT2D eigenvalue weighted by Gasteiger charge is -2.35. The molecule has 0 unspecified atom stereocenters. The van der Waals surface area contributed by atoms with Crippen LogP contribution in [-0.2, 0) is 14.9 Å². The van der Waals surface area contributed by atoms with Gasteiger partial charge in [0.1, 0.15) is 0 Å². The van der Waals surface area contributed by atoms with Crippen molar-refractivity contribution in [3.63, 3.8) is 0 Å². The summed E-state index contributed by atoms with van der Waals surface area (Å²) >= 11 is 0. The van der Waals surface area contributed by atoms with Gasteiger partial charge in [0.2, 0.25) is 5.91 Å². The zero-order chi connectivity index (χ0) is 14.9. The molecule has 0 spiro atoms. The predicted octanol–water partition coefficient (Wildman–Crippen LogP) is 0.428. The Balaban J connectivity index is 0.000000532. The third kappa shape index (κ3) is 7.97. The molecular weight excluding hydrogens is 268 g/mol. The standard InChI is InChI=1S/C9H21NO3S.C3H3NO/c1-4-10(5-2,6-3)8-7-9-14(11,12)13;5-3-1-2-4-3/h4-9H2,1-3H3;1-2H,(H,4,5). The van der Waals surface area contributed by atoms with Crippen molar-refractivity contribution < 1.29 is 22.2 Å². The summed E-state index contributed by atoms with van der Waals surface area (Å²) in [5.41, 5.74) is 0. The Morgan fingerprint density at radius 2 is 1.63 bits per heavy atom. The fourth-order valence-electron chi connectivity index (χ4n) is 1.87. The van der Waals surface area contributed by atoms with Gasteiger partial charge in [-0.3, -0.25) is 4.79 Å². The molecule has 1 N–H and O–H groups in total. The molecule has 0 bridgehead atoms. The van der Waals surface area contributed by atoms with E-state index in [-0.39, 0.29) is 11.7 Å². The van der Waals surface area contributed by atoms with E-state index in [1.807, 2.05) is 0 Å². The minimum atomic E-state index is -4.03. The van der Waals surface area contributed by atoms with Gasteiger partial charge in [-0.2, -0.15) is 0 Å². The highest BCUT2D eigenvalue weighted by atomic mass is 32.2. The minimum absolute atomic E-state index is 0.00463. The van der Waals surface area contributed by atoms with Crippen LogP contribution in [0.5, 0.6) is 0 Å². The van der Waals surface area contributed by atoms with Gasteiger partial charge < -0.3 is 14.4 Å². The van der Waals surface area contributed by atoms with E-state index in [2.05, 4.69) is 26.1 Å². The molecule has 19 heavy (non-hydrogen) atoms. The largest absolute Gasteiger partial charge is 0.748 e. The van der Waals surface area contributed by atoms with E-state index in [0.717, 1.165) is 30.7 Å². The molecule has 7 heteroatoms. The predicted molar refractivity (Wildman–Crippen MR) is 73.2 cm³/mol. The van der Waals surface area contributed by atoms with E-state index in [1.165, 1.54) is 6.08 Å². The number of hydrogen-bond acceptors (Lipinski definition) is 4. The van der Waals surface area contributed by atoms with Crippen molar-refractivity contribution in [3.8, 4) is 0 Å². The number of hydrogen-bond donors (Lipinski definition) is 1. The molecule has 1 heterocycles. The maximum absolute atomic E-state index is 10.4. The first-order valence-electron chi connectivity index (χ1n) is 6.54. The Bertz CT molecular complexity index is 392. The Morgan fingerprint density at radius 3 is 1.84 bits per heavy atom. The van der Waals surface area contributed by atoms with Crippen LogP contribution in [0, 0.1) is 0 Å². The van der Waals surface area contributed by atoms with Gasteiger partial charge >= 0.3 is 0 Å². The monoisotopic (exact) mass is 292 g/mol. The topological polar surface area (TPSA) is 86.3 Å². The highest BCUT2D eigenvalue weighted by Crippen LogP contribution is 2.07. The molecule has 1 rings (SSSR count). The average molecular weight is 292 g/mol. The summed E-state index contributed by atoms with van der Waals surface area (Å²) in [6.07, 6.45) is 3.55. The molecular formula is C12H24N2O4S. The van der Waals surface area contributed by atoms with E-state index < -0.39 is 10.1 Å². The maximum Gasteiger partial charge on any atom is 0.249 e. The fourth-order valence-corrected chi connectivity index (χ4v) is 2.36. The lowest BCUT2D eigenvalue weighted by atomic mass is 10.3. The van der Waals surface area contributed by atoms with Crippen molar-refractivity contribution in [2.24, 2.45) is 0 Å². The van der Waals surface area contributed by atoms with Gasteiger partial charge in [0, 0.05) is 24.4 Å². The van der Waals surface area contributed by atoms with E-state index in [1.54, 1.807) is 6.20 Å². The van der Waals surface area contributed by atoms with Gasteiger partial charge in [0.15, 0.2) is 0 Å². The van der Waals surface area contributed by atoms with Crippen LogP contribution in [0.2, 0.25) is 0 Å². The second-order valence-electron chi connectivity index (χ2n) is 4.47. The molecule has 112 valence electrons. The summed E-state index contributed by atoms with van der Waals surface area (Å²) in [4.78, 5) is 9.70. The van der Waals surface area contributed by atoms with Gasteiger partial charge in [0.25, 0.3) is 0 Å². The summed E-state index contributed by atoms with van der Waals surface area (Å²) in [7, 11) is -4.03. The third-order valence-electron chi connectivity index (χ3n) is 3.50. The Hall–Kier alpha value is -0.920. The van der Waals surface area contributed by atoms with Crippen molar-refractivity contribution in [2.45, 2.75) is 27.2 Å². The van der Waals surface area contributed by atoms with Crippen LogP contribution in [0.25, 0.3) is 0 Å². The number of nitrogens with one attached hydrogen (secondary N) is 1. The summed E-state index contributed by atoms with van der Waals surface area (Å²) in [5, 5.41) is 2.39. The van der Waals surface area contributed by atoms with E-state index in [4.69, 9.17) is 0 Å². The number of carbonyl (C=O) groups is 1. The van der Waals surface area contributed by atoms with Crippen LogP contribution in [0.15, 0.2) is 12.3 Å². The third-order valence-corrected chi connectivity index (χ3v) is 4.29. The molecule has 0 aromatic rings. The van der Waals surface area contributed by atoms with Gasteiger partial charge in [0.05, 0.1) is 36.3 Å². The highest BCUT2D eigenvalue weighted by Gasteiger charge is 2.19. The quantitative estimate of drug-likeness (QED) is 0.544. The number of nitrogens with zero attached hydrogens (tertiary/aromatic N) is 1. The van der Waals surface area contributed by atoms with E-state index in [9.17, 15) is 17.8 Å². The SMILES string of the molecule is CC[N+](CC)(CC)CCCS(=O)(=O)[O-].O=C1C=CN1. The molecule has 1 aliphatic heterocycles. The summed E-state index contributed by atoms with van der Waals surface area (Å²) in [5.74, 6) is -0.225. The fraction of sp³-hybridized carbons (Fsp3) is 0.750. The summed E-state index contributed by atoms with van der Waals surface area (Å²) in [6, 6.07) is 0. The molecule has 0 aromatic heterocycles. The van der Waals surface area contributed by atoms with Crippen molar-refractivity contribution in [3.05, 3.63) is 12.3 Å². The van der Waals surface area contributed by atoms with Crippen LogP contribution < -0.4 is 5.32 Å². The molecule has 0 radical (unpaired) electrons. The zero-order valence-corrected chi connectivity index (χ0v) is 12.7. The molecule has 0 aliphatic carbocycles. The molecule has 0 saturated heterocycles. The molecule has 0 atom stereocenters. The minimum Gasteiger partial charge on any atom is -0.748 e. The van der Waals surface area contributed by atoms with Crippen molar-refractivity contribution in [1.29, 1.82) is 0 Å². The van der Waals surface area contributed by atoms with Gasteiger partial charge in [-0.15, -0.1) is 0 Å². The smallest absolute Gasteiger partial charge is 0.249 e. The van der Waals surface area contributed by atoms with Crippen molar-refractivity contribution in [1.82, 2.24) is 5.32 Å². The van der Waals surface area contributed by atoms with Gasteiger partial charge in [-0.1, -0.05) is 0 Å². The number of quaternary nitrogens is 1. The van der Waals surface area contributed by atoms with Gasteiger partial charge in [-0.05, 0) is 20.8 Å². The van der Waals surface area contributed by atoms with Crippen molar-refractivity contribution in [2.75, 3.05) is 31.9 Å². The van der Waals surface area contributed by atoms with Crippen molar-refractivity contribution >= 4 is 16.0 Å². The van der Waals surface area contributed by atoms with Crippen LogP contribution in [0.3, 0.4) is 0 Å². The second-order valence-corrected chi connectivity index (χ2v) is 5.99. The zero-order valence-electron chi connectivity index (χ0n) is 11.9. The Morgan fingerprint density at radius 1 is 1.21 bits per heavy atom. The molecule has 0 aromatic carbocycles. The number of rotatable bonds is 7. The van der Waals surface area contributed by atoms with E-state index >= 15 is 0 Å². The first-order valence-corrected chi connectivity index (χ1v) is 8.12. The molecule has 6 nitrogen and oxygen atoms in total. The molecule has 0 fully saturated rings. The number of carbonyl (C=O) groups excluding carboxylic acids is 1. The molecule has 1 aliphatic rings. The molecule has 0 saturated carbocycles. The van der Waals surface area contributed by atoms with Crippen LogP contribution >= 0.6 is 0 Å². The average Bonchev–Trinajstić information content (AvgIpc) is 2.32. The molecule has 1 amide bonds. The maximum atomic E-state index is 10.4. The lowest BCUT2D eigenvalue weighted by molar-refractivity contribution is -0.923. The van der Waals surface area contributed by atoms with Crippen LogP contribution in [0.1, 0.15) is 27.2 Å². The first kappa shape index (κ1) is 18.1. The summed E-state index contributed by atoms with van der Waals surface area (Å²) < 4.78 is 32.2. The summed E-state index contributed by atoms with van der Waals surface area (Å²) in [6.45, 7) is 10.0. The lowest BCUT2D eigenvalue weighted by Crippen LogP contribution is -2.48. The van der Waals surface area contributed by atoms with Gasteiger partial charge in [-0.25, -0.2) is 8.42 Å². The Kier molecular flexibility index (Phi) is 7.89. The van der Waals surface area contributed by atoms with Crippen LogP contribution in [-0.4, -0.2) is 55.3 Å². The first-order chi connectivity index (χ1) is 8.78. The number of amides is 1.